The summed E-state index contributed by atoms with van der Waals surface area (Å²) >= 11 is 0. The SMILES string of the molecule is O=C(NCCCN1CCc2ccccc21)c1ccc(CS(=O)(=O)N2CCOCC2)cc1. The lowest BCUT2D eigenvalue weighted by molar-refractivity contribution is 0.0729. The number of nitrogens with zero attached hydrogens (tertiary/aromatic N) is 2. The van der Waals surface area contributed by atoms with Crippen molar-refractivity contribution in [3.63, 3.8) is 0 Å². The van der Waals surface area contributed by atoms with E-state index in [0.717, 1.165) is 25.9 Å². The minimum Gasteiger partial charge on any atom is -0.379 e. The number of sulfonamides is 1. The zero-order valence-corrected chi connectivity index (χ0v) is 18.4. The van der Waals surface area contributed by atoms with E-state index in [1.165, 1.54) is 15.6 Å². The van der Waals surface area contributed by atoms with Crippen molar-refractivity contribution >= 4 is 21.6 Å². The van der Waals surface area contributed by atoms with Crippen LogP contribution in [-0.4, -0.2) is 64.6 Å². The summed E-state index contributed by atoms with van der Waals surface area (Å²) in [5.74, 6) is -0.198. The molecule has 0 aliphatic carbocycles. The van der Waals surface area contributed by atoms with Crippen molar-refractivity contribution in [3.8, 4) is 0 Å². The number of para-hydroxylation sites is 1. The summed E-state index contributed by atoms with van der Waals surface area (Å²) in [7, 11) is -3.37. The fourth-order valence-corrected chi connectivity index (χ4v) is 5.59. The number of nitrogens with one attached hydrogen (secondary N) is 1. The molecule has 31 heavy (non-hydrogen) atoms. The van der Waals surface area contributed by atoms with Gasteiger partial charge in [0, 0.05) is 44.0 Å². The molecule has 0 atom stereocenters. The average molecular weight is 444 g/mol. The molecule has 1 N–H and O–H groups in total. The molecule has 0 bridgehead atoms. The first-order valence-corrected chi connectivity index (χ1v) is 12.4. The van der Waals surface area contributed by atoms with E-state index >= 15 is 0 Å². The Morgan fingerprint density at radius 2 is 1.74 bits per heavy atom. The van der Waals surface area contributed by atoms with Gasteiger partial charge < -0.3 is 15.0 Å². The summed E-state index contributed by atoms with van der Waals surface area (Å²) in [6.07, 6.45) is 1.95. The van der Waals surface area contributed by atoms with Crippen LogP contribution in [0.15, 0.2) is 48.5 Å². The molecule has 0 unspecified atom stereocenters. The topological polar surface area (TPSA) is 79.0 Å². The zero-order valence-electron chi connectivity index (χ0n) is 17.6. The Hall–Kier alpha value is -2.42. The first-order valence-electron chi connectivity index (χ1n) is 10.8. The van der Waals surface area contributed by atoms with Crippen LogP contribution >= 0.6 is 0 Å². The maximum Gasteiger partial charge on any atom is 0.251 e. The van der Waals surface area contributed by atoms with Crippen LogP contribution in [0.1, 0.15) is 27.9 Å². The smallest absolute Gasteiger partial charge is 0.251 e. The van der Waals surface area contributed by atoms with Gasteiger partial charge in [-0.15, -0.1) is 0 Å². The third-order valence-electron chi connectivity index (χ3n) is 5.80. The summed E-state index contributed by atoms with van der Waals surface area (Å²) in [4.78, 5) is 14.8. The van der Waals surface area contributed by atoms with E-state index < -0.39 is 10.0 Å². The Kier molecular flexibility index (Phi) is 6.89. The second-order valence-corrected chi connectivity index (χ2v) is 9.91. The van der Waals surface area contributed by atoms with Gasteiger partial charge in [0.1, 0.15) is 0 Å². The maximum atomic E-state index is 12.5. The highest BCUT2D eigenvalue weighted by molar-refractivity contribution is 7.88. The average Bonchev–Trinajstić information content (AvgIpc) is 3.20. The molecule has 0 aromatic heterocycles. The molecule has 1 amide bonds. The molecule has 0 radical (unpaired) electrons. The number of hydrogen-bond acceptors (Lipinski definition) is 5. The second-order valence-electron chi connectivity index (χ2n) is 7.94. The van der Waals surface area contributed by atoms with Crippen LogP contribution in [0.2, 0.25) is 0 Å². The lowest BCUT2D eigenvalue weighted by Gasteiger charge is -2.26. The summed E-state index contributed by atoms with van der Waals surface area (Å²) in [6.45, 7) is 4.20. The number of ether oxygens (including phenoxy) is 1. The Morgan fingerprint density at radius 1 is 1.00 bits per heavy atom. The van der Waals surface area contributed by atoms with Gasteiger partial charge in [0.05, 0.1) is 19.0 Å². The molecule has 166 valence electrons. The highest BCUT2D eigenvalue weighted by Crippen LogP contribution is 2.27. The third kappa shape index (κ3) is 5.44. The van der Waals surface area contributed by atoms with Gasteiger partial charge >= 0.3 is 0 Å². The van der Waals surface area contributed by atoms with Crippen LogP contribution in [0, 0.1) is 0 Å². The quantitative estimate of drug-likeness (QED) is 0.632. The van der Waals surface area contributed by atoms with E-state index in [-0.39, 0.29) is 11.7 Å². The van der Waals surface area contributed by atoms with Crippen molar-refractivity contribution in [2.24, 2.45) is 0 Å². The highest BCUT2D eigenvalue weighted by atomic mass is 32.2. The molecule has 2 aliphatic heterocycles. The number of amides is 1. The molecule has 7 nitrogen and oxygen atoms in total. The van der Waals surface area contributed by atoms with Crippen molar-refractivity contribution in [1.82, 2.24) is 9.62 Å². The number of benzene rings is 2. The van der Waals surface area contributed by atoms with Gasteiger partial charge in [-0.3, -0.25) is 4.79 Å². The van der Waals surface area contributed by atoms with E-state index in [4.69, 9.17) is 4.74 Å². The number of carbonyl (C=O) groups excluding carboxylic acids is 1. The van der Waals surface area contributed by atoms with Crippen LogP contribution in [0.5, 0.6) is 0 Å². The lowest BCUT2D eigenvalue weighted by atomic mass is 10.1. The van der Waals surface area contributed by atoms with E-state index in [2.05, 4.69) is 34.5 Å². The van der Waals surface area contributed by atoms with E-state index in [1.54, 1.807) is 24.3 Å². The van der Waals surface area contributed by atoms with Crippen molar-refractivity contribution < 1.29 is 17.9 Å². The van der Waals surface area contributed by atoms with Gasteiger partial charge in [0.2, 0.25) is 10.0 Å². The van der Waals surface area contributed by atoms with E-state index in [1.807, 2.05) is 0 Å². The fraction of sp³-hybridized carbons (Fsp3) is 0.435. The molecule has 0 saturated carbocycles. The van der Waals surface area contributed by atoms with Crippen LogP contribution in [0.25, 0.3) is 0 Å². The van der Waals surface area contributed by atoms with Crippen LogP contribution in [0.4, 0.5) is 5.69 Å². The standard InChI is InChI=1S/C23H29N3O4S/c27-23(24-11-3-12-25-13-10-20-4-1-2-5-22(20)25)21-8-6-19(7-9-21)18-31(28,29)26-14-16-30-17-15-26/h1-2,4-9H,3,10-18H2,(H,24,27). The molecule has 2 aromatic rings. The summed E-state index contributed by atoms with van der Waals surface area (Å²) < 4.78 is 31.7. The molecule has 2 aliphatic rings. The molecule has 2 aromatic carbocycles. The minimum absolute atomic E-state index is 0.0633. The Morgan fingerprint density at radius 3 is 2.52 bits per heavy atom. The van der Waals surface area contributed by atoms with E-state index in [9.17, 15) is 13.2 Å². The summed E-state index contributed by atoms with van der Waals surface area (Å²) in [6, 6.07) is 15.3. The number of hydrogen-bond donors (Lipinski definition) is 1. The van der Waals surface area contributed by atoms with Crippen LogP contribution < -0.4 is 10.2 Å². The molecular formula is C23H29N3O4S. The van der Waals surface area contributed by atoms with Gasteiger partial charge in [-0.05, 0) is 42.2 Å². The Labute approximate surface area is 184 Å². The minimum atomic E-state index is -3.37. The molecule has 0 spiro atoms. The molecule has 2 heterocycles. The number of rotatable bonds is 8. The molecular weight excluding hydrogens is 414 g/mol. The van der Waals surface area contributed by atoms with E-state index in [0.29, 0.717) is 44.0 Å². The van der Waals surface area contributed by atoms with Gasteiger partial charge in [-0.25, -0.2) is 8.42 Å². The summed E-state index contributed by atoms with van der Waals surface area (Å²) in [5, 5.41) is 2.96. The normalized spacial score (nSPS) is 16.8. The molecule has 8 heteroatoms. The fourth-order valence-electron chi connectivity index (χ4n) is 4.09. The first kappa shape index (κ1) is 21.8. The van der Waals surface area contributed by atoms with Crippen LogP contribution in [0.3, 0.4) is 0 Å². The van der Waals surface area contributed by atoms with Gasteiger partial charge in [-0.2, -0.15) is 4.31 Å². The third-order valence-corrected chi connectivity index (χ3v) is 7.65. The highest BCUT2D eigenvalue weighted by Gasteiger charge is 2.24. The lowest BCUT2D eigenvalue weighted by Crippen LogP contribution is -2.41. The van der Waals surface area contributed by atoms with Crippen LogP contribution in [-0.2, 0) is 26.9 Å². The molecule has 1 saturated heterocycles. The van der Waals surface area contributed by atoms with Crippen molar-refractivity contribution in [3.05, 3.63) is 65.2 Å². The summed E-state index contributed by atoms with van der Waals surface area (Å²) in [5.41, 5.74) is 3.91. The predicted octanol–water partition coefficient (Wildman–Crippen LogP) is 2.03. The second kappa shape index (κ2) is 9.80. The van der Waals surface area contributed by atoms with Gasteiger partial charge in [0.15, 0.2) is 0 Å². The maximum absolute atomic E-state index is 12.5. The number of fused-ring (bicyclic) bond motifs is 1. The predicted molar refractivity (Wildman–Crippen MR) is 121 cm³/mol. The first-order chi connectivity index (χ1) is 15.0. The Balaban J connectivity index is 1.23. The number of carbonyl (C=O) groups is 1. The Bertz CT molecular complexity index is 1000. The van der Waals surface area contributed by atoms with Gasteiger partial charge in [0.25, 0.3) is 5.91 Å². The molecule has 1 fully saturated rings. The zero-order chi connectivity index (χ0) is 21.7. The molecule has 4 rings (SSSR count). The van der Waals surface area contributed by atoms with Crippen molar-refractivity contribution in [1.29, 1.82) is 0 Å². The van der Waals surface area contributed by atoms with Crippen molar-refractivity contribution in [2.75, 3.05) is 50.8 Å². The monoisotopic (exact) mass is 443 g/mol. The number of morpholine rings is 1. The largest absolute Gasteiger partial charge is 0.379 e. The van der Waals surface area contributed by atoms with Gasteiger partial charge in [-0.1, -0.05) is 30.3 Å². The van der Waals surface area contributed by atoms with Crippen molar-refractivity contribution in [2.45, 2.75) is 18.6 Å². The number of anilines is 1.